The van der Waals surface area contributed by atoms with Crippen molar-refractivity contribution in [3.63, 3.8) is 0 Å². The Bertz CT molecular complexity index is 139. The zero-order chi connectivity index (χ0) is 12.9. The van der Waals surface area contributed by atoms with E-state index in [2.05, 4.69) is 34.1 Å². The molecule has 0 heteroatoms. The maximum Gasteiger partial charge on any atom is -0.0386 e. The molecule has 0 N–H and O–H groups in total. The third-order valence-electron chi connectivity index (χ3n) is 3.80. The van der Waals surface area contributed by atoms with Gasteiger partial charge in [-0.05, 0) is 24.7 Å². The van der Waals surface area contributed by atoms with Gasteiger partial charge in [0.1, 0.15) is 0 Å². The van der Waals surface area contributed by atoms with Gasteiger partial charge in [0.25, 0.3) is 0 Å². The molecule has 0 fully saturated rings. The fourth-order valence-corrected chi connectivity index (χ4v) is 2.49. The van der Waals surface area contributed by atoms with E-state index in [-0.39, 0.29) is 0 Å². The van der Waals surface area contributed by atoms with Crippen LogP contribution in [-0.2, 0) is 0 Å². The van der Waals surface area contributed by atoms with Crippen LogP contribution in [0.4, 0.5) is 0 Å². The van der Waals surface area contributed by atoms with Gasteiger partial charge in [0, 0.05) is 0 Å². The highest BCUT2D eigenvalue weighted by molar-refractivity contribution is 4.67. The van der Waals surface area contributed by atoms with Crippen molar-refractivity contribution >= 4 is 0 Å². The van der Waals surface area contributed by atoms with Crippen molar-refractivity contribution < 1.29 is 0 Å². The van der Waals surface area contributed by atoms with Crippen LogP contribution < -0.4 is 0 Å². The summed E-state index contributed by atoms with van der Waals surface area (Å²) in [5.41, 5.74) is 0. The summed E-state index contributed by atoms with van der Waals surface area (Å²) in [6.07, 6.45) is 16.4. The van der Waals surface area contributed by atoms with E-state index in [1.54, 1.807) is 0 Å². The summed E-state index contributed by atoms with van der Waals surface area (Å²) in [4.78, 5) is 0. The summed E-state index contributed by atoms with van der Waals surface area (Å²) in [5, 5.41) is 0. The van der Waals surface area contributed by atoms with Gasteiger partial charge >= 0.3 is 0 Å². The van der Waals surface area contributed by atoms with Gasteiger partial charge < -0.3 is 0 Å². The molecule has 0 aliphatic carbocycles. The average Bonchev–Trinajstić information content (AvgIpc) is 2.31. The third-order valence-corrected chi connectivity index (χ3v) is 3.80. The van der Waals surface area contributed by atoms with Gasteiger partial charge in [-0.25, -0.2) is 0 Å². The number of hydrogen-bond acceptors (Lipinski definition) is 0. The van der Waals surface area contributed by atoms with E-state index >= 15 is 0 Å². The molecule has 0 aromatic carbocycles. The number of rotatable bonds is 12. The third kappa shape index (κ3) is 12.2. The van der Waals surface area contributed by atoms with E-state index in [0.717, 1.165) is 11.8 Å². The molecule has 0 nitrogen and oxygen atoms in total. The molecule has 0 rings (SSSR count). The van der Waals surface area contributed by atoms with Gasteiger partial charge in [0.15, 0.2) is 0 Å². The summed E-state index contributed by atoms with van der Waals surface area (Å²) in [6, 6.07) is 0. The smallest absolute Gasteiger partial charge is 0.0386 e. The van der Waals surface area contributed by atoms with Gasteiger partial charge in [-0.1, -0.05) is 85.5 Å². The predicted molar refractivity (Wildman–Crippen MR) is 80.1 cm³/mol. The van der Waals surface area contributed by atoms with E-state index < -0.39 is 0 Å². The highest BCUT2D eigenvalue weighted by atomic mass is 14.1. The quantitative estimate of drug-likeness (QED) is 0.345. The van der Waals surface area contributed by atoms with Crippen molar-refractivity contribution in [2.24, 2.45) is 11.8 Å². The lowest BCUT2D eigenvalue weighted by Crippen LogP contribution is -1.96. The lowest BCUT2D eigenvalue weighted by Gasteiger charge is -2.11. The van der Waals surface area contributed by atoms with Gasteiger partial charge in [0.05, 0.1) is 0 Å². The van der Waals surface area contributed by atoms with Crippen LogP contribution in [0.15, 0.2) is 0 Å². The summed E-state index contributed by atoms with van der Waals surface area (Å²) in [6.45, 7) is 9.39. The monoisotopic (exact) mass is 239 g/mol. The van der Waals surface area contributed by atoms with Gasteiger partial charge in [-0.3, -0.25) is 0 Å². The van der Waals surface area contributed by atoms with E-state index in [1.165, 1.54) is 64.2 Å². The Morgan fingerprint density at radius 2 is 1.35 bits per heavy atom. The van der Waals surface area contributed by atoms with Crippen LogP contribution in [-0.4, -0.2) is 0 Å². The molecule has 0 amide bonds. The van der Waals surface area contributed by atoms with Crippen LogP contribution in [0.3, 0.4) is 0 Å². The number of hydrogen-bond donors (Lipinski definition) is 0. The van der Waals surface area contributed by atoms with Crippen LogP contribution in [0.5, 0.6) is 0 Å². The van der Waals surface area contributed by atoms with Crippen molar-refractivity contribution in [1.29, 1.82) is 0 Å². The molecule has 17 heavy (non-hydrogen) atoms. The molecule has 0 saturated heterocycles. The predicted octanol–water partition coefficient (Wildman–Crippen LogP) is 6.40. The van der Waals surface area contributed by atoms with E-state index in [4.69, 9.17) is 0 Å². The maximum absolute atomic E-state index is 2.53. The van der Waals surface area contributed by atoms with Crippen LogP contribution in [0.25, 0.3) is 0 Å². The van der Waals surface area contributed by atoms with Crippen LogP contribution >= 0.6 is 0 Å². The molecule has 0 saturated carbocycles. The van der Waals surface area contributed by atoms with E-state index in [9.17, 15) is 0 Å². The Morgan fingerprint density at radius 3 is 2.00 bits per heavy atom. The fraction of sp³-hybridized carbons (Fsp3) is 0.941. The zero-order valence-electron chi connectivity index (χ0n) is 12.8. The molecular formula is C17H35. The van der Waals surface area contributed by atoms with Gasteiger partial charge in [0.2, 0.25) is 0 Å². The second-order valence-corrected chi connectivity index (χ2v) is 5.94. The zero-order valence-corrected chi connectivity index (χ0v) is 12.8. The Balaban J connectivity index is 3.17. The molecule has 0 aromatic rings. The van der Waals surface area contributed by atoms with E-state index in [0.29, 0.717) is 0 Å². The normalized spacial score (nSPS) is 14.8. The summed E-state index contributed by atoms with van der Waals surface area (Å²) in [7, 11) is 0. The topological polar surface area (TPSA) is 0 Å². The molecule has 2 atom stereocenters. The second kappa shape index (κ2) is 12.5. The molecule has 103 valence electrons. The van der Waals surface area contributed by atoms with Crippen LogP contribution in [0, 0.1) is 18.3 Å². The minimum Gasteiger partial charge on any atom is -0.0654 e. The Labute approximate surface area is 111 Å². The van der Waals surface area contributed by atoms with Crippen molar-refractivity contribution in [3.05, 3.63) is 6.42 Å². The Morgan fingerprint density at radius 1 is 0.706 bits per heavy atom. The second-order valence-electron chi connectivity index (χ2n) is 5.94. The first-order chi connectivity index (χ1) is 8.20. The van der Waals surface area contributed by atoms with Crippen molar-refractivity contribution in [1.82, 2.24) is 0 Å². The largest absolute Gasteiger partial charge is 0.0654 e. The van der Waals surface area contributed by atoms with Gasteiger partial charge in [-0.2, -0.15) is 0 Å². The van der Waals surface area contributed by atoms with Crippen LogP contribution in [0.2, 0.25) is 0 Å². The van der Waals surface area contributed by atoms with Crippen molar-refractivity contribution in [2.45, 2.75) is 91.9 Å². The van der Waals surface area contributed by atoms with Gasteiger partial charge in [-0.15, -0.1) is 0 Å². The molecule has 0 aromatic heterocycles. The first-order valence-electron chi connectivity index (χ1n) is 8.02. The molecule has 0 aliphatic rings. The SMILES string of the molecule is CCCCC(C)CCC[CH]CCC(C)CCC. The fourth-order valence-electron chi connectivity index (χ4n) is 2.49. The molecule has 0 heterocycles. The minimum absolute atomic E-state index is 0.930. The van der Waals surface area contributed by atoms with Crippen molar-refractivity contribution in [2.75, 3.05) is 0 Å². The summed E-state index contributed by atoms with van der Waals surface area (Å²) in [5.74, 6) is 1.88. The standard InChI is InChI=1S/C17H35/c1-5-7-13-17(4)15-11-9-8-10-14-16(3)12-6-2/h8,16-17H,5-7,9-15H2,1-4H3. The lowest BCUT2D eigenvalue weighted by atomic mass is 9.95. The lowest BCUT2D eigenvalue weighted by molar-refractivity contribution is 0.448. The summed E-state index contributed by atoms with van der Waals surface area (Å²) >= 11 is 0. The first-order valence-corrected chi connectivity index (χ1v) is 8.02. The Hall–Kier alpha value is 0. The Kier molecular flexibility index (Phi) is 12.5. The minimum atomic E-state index is 0.930. The number of unbranched alkanes of at least 4 members (excludes halogenated alkanes) is 4. The molecule has 0 aliphatic heterocycles. The molecule has 0 bridgehead atoms. The van der Waals surface area contributed by atoms with Crippen molar-refractivity contribution in [3.8, 4) is 0 Å². The molecule has 2 unspecified atom stereocenters. The molecular weight excluding hydrogens is 204 g/mol. The average molecular weight is 239 g/mol. The highest BCUT2D eigenvalue weighted by Crippen LogP contribution is 2.18. The van der Waals surface area contributed by atoms with Crippen LogP contribution in [0.1, 0.15) is 91.9 Å². The molecule has 0 spiro atoms. The maximum atomic E-state index is 2.53. The van der Waals surface area contributed by atoms with E-state index in [1.807, 2.05) is 0 Å². The summed E-state index contributed by atoms with van der Waals surface area (Å²) < 4.78 is 0. The highest BCUT2D eigenvalue weighted by Gasteiger charge is 2.02. The molecule has 1 radical (unpaired) electrons. The first kappa shape index (κ1) is 17.0.